The van der Waals surface area contributed by atoms with E-state index >= 15 is 0 Å². The van der Waals surface area contributed by atoms with Crippen molar-refractivity contribution >= 4 is 23.5 Å². The number of rotatable bonds is 7. The third-order valence-electron chi connectivity index (χ3n) is 6.12. The maximum atomic E-state index is 13.7. The van der Waals surface area contributed by atoms with E-state index in [1.165, 1.54) is 6.92 Å². The molecule has 1 saturated heterocycles. The summed E-state index contributed by atoms with van der Waals surface area (Å²) >= 11 is 0. The lowest BCUT2D eigenvalue weighted by Crippen LogP contribution is -2.46. The summed E-state index contributed by atoms with van der Waals surface area (Å²) in [5.74, 6) is -1.07. The van der Waals surface area contributed by atoms with Gasteiger partial charge in [0, 0.05) is 17.7 Å². The van der Waals surface area contributed by atoms with Gasteiger partial charge in [-0.25, -0.2) is 4.79 Å². The van der Waals surface area contributed by atoms with Gasteiger partial charge < -0.3 is 10.3 Å². The normalized spacial score (nSPS) is 17.8. The summed E-state index contributed by atoms with van der Waals surface area (Å²) in [5.41, 5.74) is 2.01. The van der Waals surface area contributed by atoms with Crippen molar-refractivity contribution in [3.05, 3.63) is 94.3 Å². The van der Waals surface area contributed by atoms with E-state index in [1.54, 1.807) is 26.0 Å². The van der Waals surface area contributed by atoms with Crippen molar-refractivity contribution in [2.45, 2.75) is 32.7 Å². The van der Waals surface area contributed by atoms with E-state index in [1.807, 2.05) is 48.5 Å². The van der Waals surface area contributed by atoms with Gasteiger partial charge in [-0.2, -0.15) is 0 Å². The minimum atomic E-state index is -1.31. The Balaban J connectivity index is 1.68. The minimum Gasteiger partial charge on any atom is -0.355 e. The van der Waals surface area contributed by atoms with Crippen molar-refractivity contribution in [1.29, 1.82) is 0 Å². The van der Waals surface area contributed by atoms with E-state index in [9.17, 15) is 19.2 Å². The van der Waals surface area contributed by atoms with E-state index < -0.39 is 29.8 Å². The van der Waals surface area contributed by atoms with Crippen LogP contribution in [0, 0.1) is 13.8 Å². The molecule has 1 aromatic heterocycles. The number of aryl methyl sites for hydroxylation is 1. The van der Waals surface area contributed by atoms with Crippen LogP contribution < -0.4 is 5.32 Å². The van der Waals surface area contributed by atoms with Gasteiger partial charge in [-0.05, 0) is 37.5 Å². The van der Waals surface area contributed by atoms with E-state index in [2.05, 4.69) is 10.3 Å². The second kappa shape index (κ2) is 8.50. The molecule has 1 aliphatic heterocycles. The monoisotopic (exact) mass is 443 g/mol. The Morgan fingerprint density at radius 3 is 2.12 bits per heavy atom. The highest BCUT2D eigenvalue weighted by Gasteiger charge is 2.52. The molecule has 2 heterocycles. The van der Waals surface area contributed by atoms with Crippen LogP contribution in [0.4, 0.5) is 4.79 Å². The fraction of sp³-hybridized carbons (Fsp3) is 0.231. The number of carbonyl (C=O) groups excluding carboxylic acids is 4. The average Bonchev–Trinajstić information content (AvgIpc) is 3.23. The van der Waals surface area contributed by atoms with Crippen LogP contribution in [0.2, 0.25) is 0 Å². The molecule has 0 bridgehead atoms. The molecule has 1 atom stereocenters. The number of nitrogens with one attached hydrogen (secondary N) is 2. The zero-order chi connectivity index (χ0) is 23.8. The number of imide groups is 1. The summed E-state index contributed by atoms with van der Waals surface area (Å²) < 4.78 is 0. The second-order valence-electron chi connectivity index (χ2n) is 8.36. The molecule has 0 unspecified atom stereocenters. The lowest BCUT2D eigenvalue weighted by atomic mass is 9.83. The Morgan fingerprint density at radius 1 is 0.939 bits per heavy atom. The summed E-state index contributed by atoms with van der Waals surface area (Å²) in [7, 11) is 0. The van der Waals surface area contributed by atoms with Crippen LogP contribution in [-0.2, 0) is 16.8 Å². The van der Waals surface area contributed by atoms with Crippen LogP contribution in [0.15, 0.2) is 60.7 Å². The van der Waals surface area contributed by atoms with Crippen molar-refractivity contribution in [2.75, 3.05) is 6.54 Å². The highest BCUT2D eigenvalue weighted by molar-refractivity contribution is 6.12. The molecule has 7 heteroatoms. The van der Waals surface area contributed by atoms with E-state index in [0.29, 0.717) is 22.4 Å². The fourth-order valence-corrected chi connectivity index (χ4v) is 4.59. The van der Waals surface area contributed by atoms with Crippen molar-refractivity contribution in [2.24, 2.45) is 0 Å². The SMILES string of the molecule is CC(=O)c1c(C)[nH]c(C(=O)CN2C(=O)N[C@@](Cc3ccccc3)(c3ccccc3)C2=O)c1C. The highest BCUT2D eigenvalue weighted by Crippen LogP contribution is 2.33. The molecular formula is C26H25N3O4. The zero-order valence-corrected chi connectivity index (χ0v) is 18.8. The lowest BCUT2D eigenvalue weighted by molar-refractivity contribution is -0.131. The molecule has 0 spiro atoms. The van der Waals surface area contributed by atoms with Crippen LogP contribution in [-0.4, -0.2) is 39.9 Å². The first-order valence-corrected chi connectivity index (χ1v) is 10.7. The van der Waals surface area contributed by atoms with Gasteiger partial charge in [-0.1, -0.05) is 60.7 Å². The molecular weight excluding hydrogens is 418 g/mol. The molecule has 7 nitrogen and oxygen atoms in total. The van der Waals surface area contributed by atoms with Crippen LogP contribution >= 0.6 is 0 Å². The topological polar surface area (TPSA) is 99.3 Å². The number of aromatic amines is 1. The Bertz CT molecular complexity index is 1250. The van der Waals surface area contributed by atoms with Crippen LogP contribution in [0.3, 0.4) is 0 Å². The molecule has 1 fully saturated rings. The minimum absolute atomic E-state index is 0.152. The van der Waals surface area contributed by atoms with Gasteiger partial charge in [0.25, 0.3) is 5.91 Å². The summed E-state index contributed by atoms with van der Waals surface area (Å²) in [4.78, 5) is 55.6. The molecule has 0 saturated carbocycles. The standard InChI is InChI=1S/C26H25N3O4/c1-16-22(18(3)30)17(2)27-23(16)21(31)15-29-24(32)26(28-25(29)33,20-12-8-5-9-13-20)14-19-10-6-4-7-11-19/h4-13,27H,14-15H2,1-3H3,(H,28,33)/t26-/m0/s1. The molecule has 4 rings (SSSR count). The molecule has 3 amide bonds. The predicted molar refractivity (Wildman–Crippen MR) is 123 cm³/mol. The number of hydrogen-bond donors (Lipinski definition) is 2. The first-order chi connectivity index (χ1) is 15.7. The first-order valence-electron chi connectivity index (χ1n) is 10.7. The summed E-state index contributed by atoms with van der Waals surface area (Å²) in [6, 6.07) is 17.8. The molecule has 33 heavy (non-hydrogen) atoms. The lowest BCUT2D eigenvalue weighted by Gasteiger charge is -2.27. The number of ketones is 2. The fourth-order valence-electron chi connectivity index (χ4n) is 4.59. The van der Waals surface area contributed by atoms with Gasteiger partial charge in [-0.3, -0.25) is 19.3 Å². The average molecular weight is 444 g/mol. The first kappa shape index (κ1) is 22.2. The molecule has 168 valence electrons. The van der Waals surface area contributed by atoms with Gasteiger partial charge >= 0.3 is 6.03 Å². The van der Waals surface area contributed by atoms with Crippen LogP contribution in [0.1, 0.15) is 50.2 Å². The number of hydrogen-bond acceptors (Lipinski definition) is 4. The van der Waals surface area contributed by atoms with Crippen molar-refractivity contribution in [3.63, 3.8) is 0 Å². The van der Waals surface area contributed by atoms with Crippen molar-refractivity contribution in [1.82, 2.24) is 15.2 Å². The smallest absolute Gasteiger partial charge is 0.325 e. The summed E-state index contributed by atoms with van der Waals surface area (Å²) in [6.45, 7) is 4.41. The molecule has 2 N–H and O–H groups in total. The third-order valence-corrected chi connectivity index (χ3v) is 6.12. The molecule has 0 radical (unpaired) electrons. The Morgan fingerprint density at radius 2 is 1.55 bits per heavy atom. The van der Waals surface area contributed by atoms with Crippen molar-refractivity contribution in [3.8, 4) is 0 Å². The number of Topliss-reactive ketones (excluding diaryl/α,β-unsaturated/α-hetero) is 2. The molecule has 1 aliphatic rings. The number of amides is 3. The maximum Gasteiger partial charge on any atom is 0.325 e. The summed E-state index contributed by atoms with van der Waals surface area (Å²) in [6.07, 6.45) is 0.252. The molecule has 0 aliphatic carbocycles. The van der Waals surface area contributed by atoms with E-state index in [0.717, 1.165) is 10.5 Å². The second-order valence-corrected chi connectivity index (χ2v) is 8.36. The van der Waals surface area contributed by atoms with Crippen LogP contribution in [0.25, 0.3) is 0 Å². The Labute approximate surface area is 191 Å². The molecule has 2 aromatic carbocycles. The third kappa shape index (κ3) is 3.86. The van der Waals surface area contributed by atoms with Gasteiger partial charge in [-0.15, -0.1) is 0 Å². The number of benzene rings is 2. The van der Waals surface area contributed by atoms with Gasteiger partial charge in [0.1, 0.15) is 0 Å². The number of nitrogens with zero attached hydrogens (tertiary/aromatic N) is 1. The quantitative estimate of drug-likeness (QED) is 0.430. The Kier molecular flexibility index (Phi) is 5.72. The number of aromatic nitrogens is 1. The predicted octanol–water partition coefficient (Wildman–Crippen LogP) is 3.71. The van der Waals surface area contributed by atoms with E-state index in [4.69, 9.17) is 0 Å². The van der Waals surface area contributed by atoms with Gasteiger partial charge in [0.2, 0.25) is 0 Å². The van der Waals surface area contributed by atoms with Crippen molar-refractivity contribution < 1.29 is 19.2 Å². The van der Waals surface area contributed by atoms with Gasteiger partial charge in [0.15, 0.2) is 17.1 Å². The highest BCUT2D eigenvalue weighted by atomic mass is 16.2. The Hall–Kier alpha value is -4.00. The largest absolute Gasteiger partial charge is 0.355 e. The number of urea groups is 1. The van der Waals surface area contributed by atoms with E-state index in [-0.39, 0.29) is 17.9 Å². The molecule has 3 aromatic rings. The van der Waals surface area contributed by atoms with Gasteiger partial charge in [0.05, 0.1) is 12.2 Å². The van der Waals surface area contributed by atoms with Crippen LogP contribution in [0.5, 0.6) is 0 Å². The number of carbonyl (C=O) groups is 4. The zero-order valence-electron chi connectivity index (χ0n) is 18.8. The summed E-state index contributed by atoms with van der Waals surface area (Å²) in [5, 5.41) is 2.86. The maximum absolute atomic E-state index is 13.7. The number of H-pyrrole nitrogens is 1.